The van der Waals surface area contributed by atoms with Crippen molar-refractivity contribution in [1.29, 1.82) is 0 Å². The number of carbonyl (C=O) groups is 1. The van der Waals surface area contributed by atoms with Crippen molar-refractivity contribution in [3.05, 3.63) is 29.8 Å². The summed E-state index contributed by atoms with van der Waals surface area (Å²) in [6, 6.07) is 6.69. The number of carbonyl (C=O) groups excluding carboxylic acids is 1. The highest BCUT2D eigenvalue weighted by Crippen LogP contribution is 2.40. The molecule has 0 bridgehead atoms. The highest BCUT2D eigenvalue weighted by Gasteiger charge is 2.43. The van der Waals surface area contributed by atoms with Gasteiger partial charge in [0.05, 0.1) is 12.5 Å². The molecule has 1 aliphatic carbocycles. The van der Waals surface area contributed by atoms with Gasteiger partial charge in [0, 0.05) is 11.5 Å². The lowest BCUT2D eigenvalue weighted by molar-refractivity contribution is -0.184. The molecule has 0 amide bonds. The van der Waals surface area contributed by atoms with Crippen LogP contribution in [0.5, 0.6) is 5.75 Å². The highest BCUT2D eigenvalue weighted by molar-refractivity contribution is 5.98. The first-order chi connectivity index (χ1) is 9.91. The smallest absolute Gasteiger partial charge is 0.391 e. The Morgan fingerprint density at radius 1 is 1.33 bits per heavy atom. The van der Waals surface area contributed by atoms with Gasteiger partial charge in [0.15, 0.2) is 5.78 Å². The summed E-state index contributed by atoms with van der Waals surface area (Å²) >= 11 is 0. The van der Waals surface area contributed by atoms with Gasteiger partial charge in [-0.25, -0.2) is 0 Å². The van der Waals surface area contributed by atoms with Crippen LogP contribution in [0.4, 0.5) is 13.2 Å². The third-order valence-corrected chi connectivity index (χ3v) is 3.94. The molecule has 2 unspecified atom stereocenters. The molecule has 5 heteroatoms. The summed E-state index contributed by atoms with van der Waals surface area (Å²) < 4.78 is 43.8. The summed E-state index contributed by atoms with van der Waals surface area (Å²) in [7, 11) is 0. The van der Waals surface area contributed by atoms with E-state index in [4.69, 9.17) is 4.74 Å². The first-order valence-electron chi connectivity index (χ1n) is 7.25. The van der Waals surface area contributed by atoms with Crippen molar-refractivity contribution in [2.75, 3.05) is 6.61 Å². The molecule has 1 saturated carbocycles. The number of hydrogen-bond acceptors (Lipinski definition) is 2. The quantitative estimate of drug-likeness (QED) is 0.757. The Hall–Kier alpha value is -1.52. The molecule has 2 atom stereocenters. The predicted molar refractivity (Wildman–Crippen MR) is 73.4 cm³/mol. The lowest BCUT2D eigenvalue weighted by Gasteiger charge is -2.29. The minimum Gasteiger partial charge on any atom is -0.494 e. The summed E-state index contributed by atoms with van der Waals surface area (Å²) in [5.74, 6) is -1.52. The average molecular weight is 300 g/mol. The van der Waals surface area contributed by atoms with E-state index in [0.29, 0.717) is 30.8 Å². The number of ketones is 1. The van der Waals surface area contributed by atoms with E-state index < -0.39 is 18.0 Å². The van der Waals surface area contributed by atoms with Gasteiger partial charge >= 0.3 is 6.18 Å². The van der Waals surface area contributed by atoms with Crippen LogP contribution >= 0.6 is 0 Å². The van der Waals surface area contributed by atoms with Crippen molar-refractivity contribution < 1.29 is 22.7 Å². The summed E-state index contributed by atoms with van der Waals surface area (Å²) in [4.78, 5) is 12.4. The molecule has 0 heterocycles. The lowest BCUT2D eigenvalue weighted by Crippen LogP contribution is -2.31. The second kappa shape index (κ2) is 6.50. The van der Waals surface area contributed by atoms with Gasteiger partial charge in [-0.15, -0.1) is 0 Å². The van der Waals surface area contributed by atoms with Crippen molar-refractivity contribution in [2.45, 2.75) is 38.8 Å². The van der Waals surface area contributed by atoms with E-state index >= 15 is 0 Å². The SMILES string of the molecule is CCOc1cccc(C(=O)C2CCCC(C(F)(F)F)C2)c1. The van der Waals surface area contributed by atoms with Gasteiger partial charge in [-0.1, -0.05) is 18.6 Å². The van der Waals surface area contributed by atoms with Gasteiger partial charge in [0.25, 0.3) is 0 Å². The van der Waals surface area contributed by atoms with E-state index in [1.165, 1.54) is 0 Å². The topological polar surface area (TPSA) is 26.3 Å². The Bertz CT molecular complexity index is 497. The normalized spacial score (nSPS) is 22.9. The maximum Gasteiger partial charge on any atom is 0.391 e. The van der Waals surface area contributed by atoms with E-state index in [-0.39, 0.29) is 18.6 Å². The molecule has 0 saturated heterocycles. The molecule has 1 aromatic rings. The fraction of sp³-hybridized carbons (Fsp3) is 0.562. The molecule has 21 heavy (non-hydrogen) atoms. The Morgan fingerprint density at radius 2 is 2.10 bits per heavy atom. The second-order valence-electron chi connectivity index (χ2n) is 5.43. The largest absolute Gasteiger partial charge is 0.494 e. The van der Waals surface area contributed by atoms with E-state index in [9.17, 15) is 18.0 Å². The van der Waals surface area contributed by atoms with Crippen LogP contribution < -0.4 is 4.74 Å². The van der Waals surface area contributed by atoms with E-state index in [1.54, 1.807) is 24.3 Å². The van der Waals surface area contributed by atoms with Crippen molar-refractivity contribution in [3.8, 4) is 5.75 Å². The van der Waals surface area contributed by atoms with Crippen LogP contribution in [0.15, 0.2) is 24.3 Å². The van der Waals surface area contributed by atoms with Crippen molar-refractivity contribution >= 4 is 5.78 Å². The van der Waals surface area contributed by atoms with Crippen LogP contribution in [-0.2, 0) is 0 Å². The molecule has 1 fully saturated rings. The van der Waals surface area contributed by atoms with Gasteiger partial charge in [0.2, 0.25) is 0 Å². The summed E-state index contributed by atoms with van der Waals surface area (Å²) in [5, 5.41) is 0. The molecule has 1 aliphatic rings. The number of hydrogen-bond donors (Lipinski definition) is 0. The maximum absolute atomic E-state index is 12.8. The van der Waals surface area contributed by atoms with Crippen LogP contribution in [0.25, 0.3) is 0 Å². The number of ether oxygens (including phenoxy) is 1. The molecular weight excluding hydrogens is 281 g/mol. The number of alkyl halides is 3. The minimum absolute atomic E-state index is 0.0960. The standard InChI is InChI=1S/C16H19F3O2/c1-2-21-14-8-4-6-12(10-14)15(20)11-5-3-7-13(9-11)16(17,18)19/h4,6,8,10-11,13H,2-3,5,7,9H2,1H3. The fourth-order valence-electron chi connectivity index (χ4n) is 2.87. The number of rotatable bonds is 4. The summed E-state index contributed by atoms with van der Waals surface area (Å²) in [5.41, 5.74) is 0.439. The number of halogens is 3. The summed E-state index contributed by atoms with van der Waals surface area (Å²) in [6.45, 7) is 2.32. The second-order valence-corrected chi connectivity index (χ2v) is 5.43. The van der Waals surface area contributed by atoms with Crippen molar-refractivity contribution in [1.82, 2.24) is 0 Å². The Labute approximate surface area is 122 Å². The van der Waals surface area contributed by atoms with Crippen LogP contribution in [0.1, 0.15) is 43.0 Å². The molecule has 116 valence electrons. The van der Waals surface area contributed by atoms with Gasteiger partial charge < -0.3 is 4.74 Å². The molecule has 2 rings (SSSR count). The predicted octanol–water partition coefficient (Wildman–Crippen LogP) is 4.64. The molecule has 2 nitrogen and oxygen atoms in total. The van der Waals surface area contributed by atoms with Gasteiger partial charge in [-0.2, -0.15) is 13.2 Å². The Morgan fingerprint density at radius 3 is 2.76 bits per heavy atom. The molecule has 0 N–H and O–H groups in total. The average Bonchev–Trinajstić information content (AvgIpc) is 2.46. The molecule has 1 aromatic carbocycles. The van der Waals surface area contributed by atoms with Gasteiger partial charge in [-0.05, 0) is 38.3 Å². The molecule has 0 radical (unpaired) electrons. The minimum atomic E-state index is -4.20. The van der Waals surface area contributed by atoms with Crippen LogP contribution in [-0.4, -0.2) is 18.6 Å². The van der Waals surface area contributed by atoms with Crippen molar-refractivity contribution in [2.24, 2.45) is 11.8 Å². The Kier molecular flexibility index (Phi) is 4.91. The zero-order chi connectivity index (χ0) is 15.5. The molecule has 0 spiro atoms. The number of benzene rings is 1. The van der Waals surface area contributed by atoms with E-state index in [0.717, 1.165) is 0 Å². The molecule has 0 aliphatic heterocycles. The highest BCUT2D eigenvalue weighted by atomic mass is 19.4. The van der Waals surface area contributed by atoms with Crippen LogP contribution in [0, 0.1) is 11.8 Å². The molecular formula is C16H19F3O2. The third-order valence-electron chi connectivity index (χ3n) is 3.94. The van der Waals surface area contributed by atoms with E-state index in [2.05, 4.69) is 0 Å². The van der Waals surface area contributed by atoms with E-state index in [1.807, 2.05) is 6.92 Å². The lowest BCUT2D eigenvalue weighted by atomic mass is 9.77. The van der Waals surface area contributed by atoms with Gasteiger partial charge in [-0.3, -0.25) is 4.79 Å². The zero-order valence-corrected chi connectivity index (χ0v) is 12.0. The van der Waals surface area contributed by atoms with Crippen molar-refractivity contribution in [3.63, 3.8) is 0 Å². The monoisotopic (exact) mass is 300 g/mol. The first kappa shape index (κ1) is 15.9. The first-order valence-corrected chi connectivity index (χ1v) is 7.25. The zero-order valence-electron chi connectivity index (χ0n) is 12.0. The molecule has 0 aromatic heterocycles. The maximum atomic E-state index is 12.8. The van der Waals surface area contributed by atoms with Crippen LogP contribution in [0.3, 0.4) is 0 Å². The fourth-order valence-corrected chi connectivity index (χ4v) is 2.87. The van der Waals surface area contributed by atoms with Gasteiger partial charge in [0.1, 0.15) is 5.75 Å². The van der Waals surface area contributed by atoms with Crippen LogP contribution in [0.2, 0.25) is 0 Å². The summed E-state index contributed by atoms with van der Waals surface area (Å²) in [6.07, 6.45) is -3.18. The number of Topliss-reactive ketones (excluding diaryl/α,β-unsaturated/α-hetero) is 1. The third kappa shape index (κ3) is 3.99. The Balaban J connectivity index is 2.10.